The molecule has 0 unspecified atom stereocenters. The molecular weight excluding hydrogens is 236 g/mol. The highest BCUT2D eigenvalue weighted by Gasteiger charge is 2.08. The maximum atomic E-state index is 10.9. The number of aldehydes is 1. The van der Waals surface area contributed by atoms with Crippen LogP contribution in [0.25, 0.3) is 0 Å². The van der Waals surface area contributed by atoms with E-state index in [1.807, 2.05) is 0 Å². The van der Waals surface area contributed by atoms with E-state index in [1.165, 1.54) is 7.11 Å². The van der Waals surface area contributed by atoms with Crippen LogP contribution >= 0.6 is 0 Å². The minimum atomic E-state index is 0.119. The van der Waals surface area contributed by atoms with Crippen molar-refractivity contribution in [2.45, 2.75) is 13.5 Å². The summed E-state index contributed by atoms with van der Waals surface area (Å²) in [5, 5.41) is 3.64. The number of ether oxygens (including phenoxy) is 2. The molecule has 0 saturated heterocycles. The molecule has 1 aromatic carbocycles. The molecular formula is C12H12N2O4. The first kappa shape index (κ1) is 12.1. The molecule has 0 aliphatic heterocycles. The van der Waals surface area contributed by atoms with Crippen molar-refractivity contribution in [3.8, 4) is 11.5 Å². The Kier molecular flexibility index (Phi) is 3.57. The van der Waals surface area contributed by atoms with Gasteiger partial charge in [0.1, 0.15) is 11.5 Å². The second kappa shape index (κ2) is 5.31. The Bertz CT molecular complexity index is 551. The van der Waals surface area contributed by atoms with Crippen molar-refractivity contribution in [2.24, 2.45) is 0 Å². The number of benzene rings is 1. The molecule has 0 atom stereocenters. The van der Waals surface area contributed by atoms with E-state index in [0.717, 1.165) is 0 Å². The summed E-state index contributed by atoms with van der Waals surface area (Å²) in [5.41, 5.74) is 0.408. The minimum Gasteiger partial charge on any atom is -0.497 e. The summed E-state index contributed by atoms with van der Waals surface area (Å²) in [6, 6.07) is 4.97. The predicted molar refractivity (Wildman–Crippen MR) is 61.7 cm³/mol. The Balaban J connectivity index is 2.11. The van der Waals surface area contributed by atoms with Crippen LogP contribution in [0.3, 0.4) is 0 Å². The van der Waals surface area contributed by atoms with E-state index < -0.39 is 0 Å². The van der Waals surface area contributed by atoms with Crippen molar-refractivity contribution in [2.75, 3.05) is 7.11 Å². The molecule has 2 rings (SSSR count). The Hall–Kier alpha value is -2.37. The number of carbonyl (C=O) groups excluding carboxylic acids is 1. The van der Waals surface area contributed by atoms with Crippen LogP contribution in [-0.2, 0) is 6.61 Å². The number of carbonyl (C=O) groups is 1. The van der Waals surface area contributed by atoms with Crippen LogP contribution in [0.1, 0.15) is 22.1 Å². The molecule has 2 aromatic rings. The normalized spacial score (nSPS) is 10.1. The summed E-state index contributed by atoms with van der Waals surface area (Å²) in [7, 11) is 1.53. The lowest BCUT2D eigenvalue weighted by Crippen LogP contribution is -1.99. The third kappa shape index (κ3) is 2.65. The molecule has 0 aliphatic carbocycles. The van der Waals surface area contributed by atoms with Crippen molar-refractivity contribution in [3.63, 3.8) is 0 Å². The Morgan fingerprint density at radius 2 is 2.28 bits per heavy atom. The van der Waals surface area contributed by atoms with E-state index in [2.05, 4.69) is 10.1 Å². The first-order valence-corrected chi connectivity index (χ1v) is 5.28. The summed E-state index contributed by atoms with van der Waals surface area (Å²) >= 11 is 0. The van der Waals surface area contributed by atoms with Gasteiger partial charge in [0, 0.05) is 0 Å². The lowest BCUT2D eigenvalue weighted by molar-refractivity contribution is 0.111. The fourth-order valence-corrected chi connectivity index (χ4v) is 1.42. The first-order chi connectivity index (χ1) is 8.72. The highest BCUT2D eigenvalue weighted by molar-refractivity contribution is 5.80. The van der Waals surface area contributed by atoms with Crippen LogP contribution in [0, 0.1) is 6.92 Å². The van der Waals surface area contributed by atoms with E-state index >= 15 is 0 Å². The van der Waals surface area contributed by atoms with Crippen molar-refractivity contribution >= 4 is 6.29 Å². The topological polar surface area (TPSA) is 74.5 Å². The second-order valence-electron chi connectivity index (χ2n) is 3.55. The highest BCUT2D eigenvalue weighted by Crippen LogP contribution is 2.23. The van der Waals surface area contributed by atoms with Crippen molar-refractivity contribution in [3.05, 3.63) is 35.5 Å². The van der Waals surface area contributed by atoms with Crippen LogP contribution in [0.15, 0.2) is 22.7 Å². The second-order valence-corrected chi connectivity index (χ2v) is 3.55. The summed E-state index contributed by atoms with van der Waals surface area (Å²) in [5.74, 6) is 1.94. The van der Waals surface area contributed by atoms with Gasteiger partial charge in [0.05, 0.1) is 12.7 Å². The van der Waals surface area contributed by atoms with E-state index in [-0.39, 0.29) is 6.61 Å². The van der Waals surface area contributed by atoms with Crippen LogP contribution < -0.4 is 9.47 Å². The van der Waals surface area contributed by atoms with Gasteiger partial charge in [-0.25, -0.2) is 0 Å². The van der Waals surface area contributed by atoms with Gasteiger partial charge >= 0.3 is 0 Å². The molecule has 0 bridgehead atoms. The standard InChI is InChI=1S/C12H12N2O4/c1-8-13-12(18-14-8)7-17-11-4-3-10(16-2)5-9(11)6-15/h3-6H,7H2,1-2H3. The van der Waals surface area contributed by atoms with Crippen LogP contribution in [0.2, 0.25) is 0 Å². The van der Waals surface area contributed by atoms with Crippen LogP contribution in [0.4, 0.5) is 0 Å². The zero-order chi connectivity index (χ0) is 13.0. The van der Waals surface area contributed by atoms with E-state index in [4.69, 9.17) is 14.0 Å². The van der Waals surface area contributed by atoms with Gasteiger partial charge in [0.2, 0.25) is 0 Å². The maximum Gasteiger partial charge on any atom is 0.264 e. The fraction of sp³-hybridized carbons (Fsp3) is 0.250. The van der Waals surface area contributed by atoms with Crippen LogP contribution in [-0.4, -0.2) is 23.5 Å². The average Bonchev–Trinajstić information content (AvgIpc) is 2.82. The molecule has 6 nitrogen and oxygen atoms in total. The molecule has 0 amide bonds. The zero-order valence-electron chi connectivity index (χ0n) is 10.0. The highest BCUT2D eigenvalue weighted by atomic mass is 16.5. The van der Waals surface area contributed by atoms with Crippen LogP contribution in [0.5, 0.6) is 11.5 Å². The van der Waals surface area contributed by atoms with E-state index in [0.29, 0.717) is 35.1 Å². The predicted octanol–water partition coefficient (Wildman–Crippen LogP) is 1.78. The van der Waals surface area contributed by atoms with Gasteiger partial charge in [-0.2, -0.15) is 4.98 Å². The number of nitrogens with zero attached hydrogens (tertiary/aromatic N) is 2. The number of hydrogen-bond donors (Lipinski definition) is 0. The Morgan fingerprint density at radius 1 is 1.44 bits per heavy atom. The molecule has 1 heterocycles. The Labute approximate surface area is 104 Å². The van der Waals surface area contributed by atoms with Gasteiger partial charge in [0.25, 0.3) is 5.89 Å². The van der Waals surface area contributed by atoms with E-state index in [1.54, 1.807) is 25.1 Å². The fourth-order valence-electron chi connectivity index (χ4n) is 1.42. The lowest BCUT2D eigenvalue weighted by Gasteiger charge is -2.07. The molecule has 0 aliphatic rings. The molecule has 1 aromatic heterocycles. The van der Waals surface area contributed by atoms with Gasteiger partial charge in [-0.15, -0.1) is 0 Å². The summed E-state index contributed by atoms with van der Waals surface area (Å²) in [4.78, 5) is 14.9. The maximum absolute atomic E-state index is 10.9. The SMILES string of the molecule is COc1ccc(OCc2nc(C)no2)c(C=O)c1. The van der Waals surface area contributed by atoms with Gasteiger partial charge in [0.15, 0.2) is 18.7 Å². The quantitative estimate of drug-likeness (QED) is 0.751. The van der Waals surface area contributed by atoms with Crippen molar-refractivity contribution < 1.29 is 18.8 Å². The number of aromatic nitrogens is 2. The number of rotatable bonds is 5. The number of hydrogen-bond acceptors (Lipinski definition) is 6. The molecule has 0 radical (unpaired) electrons. The zero-order valence-corrected chi connectivity index (χ0v) is 10.0. The minimum absolute atomic E-state index is 0.119. The molecule has 18 heavy (non-hydrogen) atoms. The number of aryl methyl sites for hydroxylation is 1. The summed E-state index contributed by atoms with van der Waals surface area (Å²) in [6.45, 7) is 1.84. The monoisotopic (exact) mass is 248 g/mol. The third-order valence-electron chi connectivity index (χ3n) is 2.26. The first-order valence-electron chi connectivity index (χ1n) is 5.28. The average molecular weight is 248 g/mol. The molecule has 0 saturated carbocycles. The number of methoxy groups -OCH3 is 1. The molecule has 0 spiro atoms. The van der Waals surface area contributed by atoms with Gasteiger partial charge in [-0.1, -0.05) is 5.16 Å². The third-order valence-corrected chi connectivity index (χ3v) is 2.26. The van der Waals surface area contributed by atoms with Crippen molar-refractivity contribution in [1.29, 1.82) is 0 Å². The smallest absolute Gasteiger partial charge is 0.264 e. The summed E-state index contributed by atoms with van der Waals surface area (Å²) in [6.07, 6.45) is 0.705. The molecule has 0 N–H and O–H groups in total. The van der Waals surface area contributed by atoms with Gasteiger partial charge in [-0.3, -0.25) is 4.79 Å². The largest absolute Gasteiger partial charge is 0.497 e. The van der Waals surface area contributed by atoms with Gasteiger partial charge < -0.3 is 14.0 Å². The molecule has 0 fully saturated rings. The summed E-state index contributed by atoms with van der Waals surface area (Å²) < 4.78 is 15.4. The lowest BCUT2D eigenvalue weighted by atomic mass is 10.2. The van der Waals surface area contributed by atoms with Crippen molar-refractivity contribution in [1.82, 2.24) is 10.1 Å². The Morgan fingerprint density at radius 3 is 2.89 bits per heavy atom. The van der Waals surface area contributed by atoms with E-state index in [9.17, 15) is 4.79 Å². The molecule has 6 heteroatoms. The molecule has 94 valence electrons. The van der Waals surface area contributed by atoms with Gasteiger partial charge in [-0.05, 0) is 25.1 Å².